The second-order valence-electron chi connectivity index (χ2n) is 3.70. The van der Waals surface area contributed by atoms with Crippen LogP contribution in [-0.2, 0) is 6.54 Å². The molecule has 0 saturated heterocycles. The molecule has 0 aliphatic rings. The molecule has 5 nitrogen and oxygen atoms in total. The first kappa shape index (κ1) is 12.9. The number of hydrogen-bond acceptors (Lipinski definition) is 6. The monoisotopic (exact) mass is 261 g/mol. The van der Waals surface area contributed by atoms with Crippen molar-refractivity contribution in [3.63, 3.8) is 0 Å². The van der Waals surface area contributed by atoms with Crippen molar-refractivity contribution in [2.45, 2.75) is 30.1 Å². The third-order valence-electron chi connectivity index (χ3n) is 2.17. The molecule has 94 valence electrons. The van der Waals surface area contributed by atoms with E-state index in [2.05, 4.69) is 32.2 Å². The summed E-state index contributed by atoms with van der Waals surface area (Å²) in [6, 6.07) is 0. The Morgan fingerprint density at radius 1 is 1.11 bits per heavy atom. The van der Waals surface area contributed by atoms with Crippen molar-refractivity contribution in [2.24, 2.45) is 0 Å². The summed E-state index contributed by atoms with van der Waals surface area (Å²) in [6.45, 7) is 3.96. The van der Waals surface area contributed by atoms with Crippen LogP contribution in [0.2, 0.25) is 0 Å². The maximum atomic E-state index is 4.30. The fourth-order valence-corrected chi connectivity index (χ4v) is 1.95. The van der Waals surface area contributed by atoms with E-state index in [4.69, 9.17) is 0 Å². The lowest BCUT2D eigenvalue weighted by Crippen LogP contribution is -2.14. The van der Waals surface area contributed by atoms with Gasteiger partial charge in [0.2, 0.25) is 0 Å². The zero-order chi connectivity index (χ0) is 12.6. The predicted octanol–water partition coefficient (Wildman–Crippen LogP) is 1.92. The van der Waals surface area contributed by atoms with Gasteiger partial charge in [0, 0.05) is 36.9 Å². The maximum absolute atomic E-state index is 4.30. The molecule has 0 amide bonds. The van der Waals surface area contributed by atoms with E-state index in [9.17, 15) is 0 Å². The van der Waals surface area contributed by atoms with Gasteiger partial charge >= 0.3 is 0 Å². The summed E-state index contributed by atoms with van der Waals surface area (Å²) in [6.07, 6.45) is 9.81. The molecule has 0 spiro atoms. The van der Waals surface area contributed by atoms with Crippen LogP contribution in [0.4, 0.5) is 0 Å². The van der Waals surface area contributed by atoms with Gasteiger partial charge in [-0.2, -0.15) is 0 Å². The van der Waals surface area contributed by atoms with Gasteiger partial charge in [0.25, 0.3) is 0 Å². The zero-order valence-electron chi connectivity index (χ0n) is 10.2. The summed E-state index contributed by atoms with van der Waals surface area (Å²) in [5.41, 5.74) is 1.09. The molecule has 0 aliphatic heterocycles. The Morgan fingerprint density at radius 3 is 2.61 bits per heavy atom. The largest absolute Gasteiger partial charge is 0.313 e. The molecule has 0 aliphatic carbocycles. The topological polar surface area (TPSA) is 63.6 Å². The minimum absolute atomic E-state index is 0.690. The lowest BCUT2D eigenvalue weighted by Gasteiger charge is -2.03. The second kappa shape index (κ2) is 7.03. The molecule has 0 unspecified atom stereocenters. The van der Waals surface area contributed by atoms with Crippen molar-refractivity contribution in [3.8, 4) is 0 Å². The van der Waals surface area contributed by atoms with Crippen LogP contribution in [0.3, 0.4) is 0 Å². The molecule has 0 saturated carbocycles. The quantitative estimate of drug-likeness (QED) is 0.633. The van der Waals surface area contributed by atoms with Crippen molar-refractivity contribution in [3.05, 3.63) is 36.5 Å². The molecule has 18 heavy (non-hydrogen) atoms. The molecular formula is C12H15N5S. The molecule has 2 heterocycles. The Labute approximate surface area is 110 Å². The number of hydrogen-bond donors (Lipinski definition) is 1. The molecule has 0 atom stereocenters. The summed E-state index contributed by atoms with van der Waals surface area (Å²) in [4.78, 5) is 16.8. The summed E-state index contributed by atoms with van der Waals surface area (Å²) < 4.78 is 0. The number of nitrogens with one attached hydrogen (secondary N) is 1. The highest BCUT2D eigenvalue weighted by Gasteiger charge is 2.01. The molecule has 2 rings (SSSR count). The van der Waals surface area contributed by atoms with E-state index in [0.29, 0.717) is 5.16 Å². The summed E-state index contributed by atoms with van der Waals surface area (Å²) in [5, 5.41) is 4.80. The molecule has 6 heteroatoms. The summed E-state index contributed by atoms with van der Waals surface area (Å²) in [7, 11) is 0. The molecule has 0 radical (unpaired) electrons. The van der Waals surface area contributed by atoms with Crippen LogP contribution in [-0.4, -0.2) is 26.5 Å². The SMILES string of the molecule is CCCNCc1cnc(Sc2cnccn2)nc1. The molecule has 2 aromatic heterocycles. The minimum atomic E-state index is 0.690. The third kappa shape index (κ3) is 4.05. The highest BCUT2D eigenvalue weighted by molar-refractivity contribution is 7.99. The van der Waals surface area contributed by atoms with Crippen molar-refractivity contribution in [1.29, 1.82) is 0 Å². The van der Waals surface area contributed by atoms with Gasteiger partial charge in [0.1, 0.15) is 5.03 Å². The van der Waals surface area contributed by atoms with Crippen LogP contribution < -0.4 is 5.32 Å². The van der Waals surface area contributed by atoms with E-state index >= 15 is 0 Å². The second-order valence-corrected chi connectivity index (χ2v) is 4.68. The fourth-order valence-electron chi connectivity index (χ4n) is 1.33. The Hall–Kier alpha value is -1.53. The standard InChI is InChI=1S/C12H15N5S/c1-2-3-13-6-10-7-16-12(17-8-10)18-11-9-14-4-5-15-11/h4-5,7-9,13H,2-3,6H2,1H3. The van der Waals surface area contributed by atoms with E-state index in [1.54, 1.807) is 18.6 Å². The van der Waals surface area contributed by atoms with Crippen LogP contribution in [0.5, 0.6) is 0 Å². The molecule has 0 fully saturated rings. The Kier molecular flexibility index (Phi) is 5.04. The van der Waals surface area contributed by atoms with Crippen molar-refractivity contribution >= 4 is 11.8 Å². The van der Waals surface area contributed by atoms with Gasteiger partial charge in [-0.15, -0.1) is 0 Å². The van der Waals surface area contributed by atoms with Gasteiger partial charge in [-0.05, 0) is 24.7 Å². The molecule has 0 aromatic carbocycles. The van der Waals surface area contributed by atoms with Crippen molar-refractivity contribution in [1.82, 2.24) is 25.3 Å². The first-order chi connectivity index (χ1) is 8.88. The maximum Gasteiger partial charge on any atom is 0.193 e. The van der Waals surface area contributed by atoms with E-state index in [1.807, 2.05) is 12.4 Å². The fraction of sp³-hybridized carbons (Fsp3) is 0.333. The summed E-state index contributed by atoms with van der Waals surface area (Å²) in [5.74, 6) is 0. The molecular weight excluding hydrogens is 246 g/mol. The van der Waals surface area contributed by atoms with E-state index < -0.39 is 0 Å². The van der Waals surface area contributed by atoms with Gasteiger partial charge < -0.3 is 5.32 Å². The average Bonchev–Trinajstić information content (AvgIpc) is 2.42. The number of rotatable bonds is 6. The van der Waals surface area contributed by atoms with Crippen molar-refractivity contribution < 1.29 is 0 Å². The van der Waals surface area contributed by atoms with Crippen LogP contribution in [0.15, 0.2) is 41.2 Å². The number of aromatic nitrogens is 4. The summed E-state index contributed by atoms with van der Waals surface area (Å²) >= 11 is 1.41. The zero-order valence-corrected chi connectivity index (χ0v) is 11.0. The highest BCUT2D eigenvalue weighted by atomic mass is 32.2. The van der Waals surface area contributed by atoms with Crippen LogP contribution >= 0.6 is 11.8 Å². The van der Waals surface area contributed by atoms with Crippen LogP contribution in [0.1, 0.15) is 18.9 Å². The molecule has 1 N–H and O–H groups in total. The predicted molar refractivity (Wildman–Crippen MR) is 70.2 cm³/mol. The smallest absolute Gasteiger partial charge is 0.193 e. The van der Waals surface area contributed by atoms with Gasteiger partial charge in [0.05, 0.1) is 6.20 Å². The normalized spacial score (nSPS) is 10.5. The number of nitrogens with zero attached hydrogens (tertiary/aromatic N) is 4. The first-order valence-electron chi connectivity index (χ1n) is 5.84. The lowest BCUT2D eigenvalue weighted by molar-refractivity contribution is 0.669. The molecule has 0 bridgehead atoms. The Balaban J connectivity index is 1.91. The van der Waals surface area contributed by atoms with Gasteiger partial charge in [0.15, 0.2) is 5.16 Å². The van der Waals surface area contributed by atoms with Crippen LogP contribution in [0, 0.1) is 0 Å². The van der Waals surface area contributed by atoms with Gasteiger partial charge in [-0.3, -0.25) is 4.98 Å². The lowest BCUT2D eigenvalue weighted by atomic mass is 10.3. The van der Waals surface area contributed by atoms with Gasteiger partial charge in [-0.1, -0.05) is 6.92 Å². The van der Waals surface area contributed by atoms with Crippen LogP contribution in [0.25, 0.3) is 0 Å². The van der Waals surface area contributed by atoms with Crippen molar-refractivity contribution in [2.75, 3.05) is 6.54 Å². The van der Waals surface area contributed by atoms with E-state index in [1.165, 1.54) is 11.8 Å². The highest BCUT2D eigenvalue weighted by Crippen LogP contribution is 2.20. The third-order valence-corrected chi connectivity index (χ3v) is 2.99. The minimum Gasteiger partial charge on any atom is -0.313 e. The Morgan fingerprint density at radius 2 is 1.94 bits per heavy atom. The van der Waals surface area contributed by atoms with E-state index in [-0.39, 0.29) is 0 Å². The average molecular weight is 261 g/mol. The van der Waals surface area contributed by atoms with Gasteiger partial charge in [-0.25, -0.2) is 15.0 Å². The Bertz CT molecular complexity index is 460. The van der Waals surface area contributed by atoms with E-state index in [0.717, 1.165) is 30.1 Å². The molecule has 2 aromatic rings. The first-order valence-corrected chi connectivity index (χ1v) is 6.65.